The van der Waals surface area contributed by atoms with E-state index in [1.54, 1.807) is 18.3 Å². The molecule has 1 aromatic carbocycles. The lowest BCUT2D eigenvalue weighted by atomic mass is 10.2. The maximum atomic E-state index is 10.7. The summed E-state index contributed by atoms with van der Waals surface area (Å²) in [6, 6.07) is 6.72. The first-order valence-electron chi connectivity index (χ1n) is 4.77. The molecule has 1 heterocycles. The highest BCUT2D eigenvalue weighted by atomic mass is 35.5. The van der Waals surface area contributed by atoms with Gasteiger partial charge in [0.15, 0.2) is 5.69 Å². The zero-order chi connectivity index (χ0) is 12.4. The van der Waals surface area contributed by atoms with E-state index in [2.05, 4.69) is 5.10 Å². The van der Waals surface area contributed by atoms with Crippen molar-refractivity contribution < 1.29 is 9.90 Å². The summed E-state index contributed by atoms with van der Waals surface area (Å²) >= 11 is 11.9. The fourth-order valence-electron chi connectivity index (χ4n) is 1.41. The molecule has 4 nitrogen and oxygen atoms in total. The molecule has 0 aliphatic rings. The molecule has 2 rings (SSSR count). The van der Waals surface area contributed by atoms with Crippen molar-refractivity contribution in [3.05, 3.63) is 51.8 Å². The fourth-order valence-corrected chi connectivity index (χ4v) is 1.79. The zero-order valence-electron chi connectivity index (χ0n) is 8.60. The number of halogens is 2. The second-order valence-electron chi connectivity index (χ2n) is 3.42. The lowest BCUT2D eigenvalue weighted by Gasteiger charge is -2.05. The number of nitrogens with zero attached hydrogens (tertiary/aromatic N) is 2. The van der Waals surface area contributed by atoms with Gasteiger partial charge in [0.2, 0.25) is 0 Å². The van der Waals surface area contributed by atoms with Crippen molar-refractivity contribution in [1.29, 1.82) is 0 Å². The number of hydrogen-bond donors (Lipinski definition) is 1. The van der Waals surface area contributed by atoms with Crippen LogP contribution in [-0.4, -0.2) is 20.9 Å². The number of hydrogen-bond acceptors (Lipinski definition) is 2. The van der Waals surface area contributed by atoms with Gasteiger partial charge in [0, 0.05) is 6.20 Å². The van der Waals surface area contributed by atoms with Crippen LogP contribution in [0, 0.1) is 0 Å². The average Bonchev–Trinajstić information content (AvgIpc) is 2.73. The van der Waals surface area contributed by atoms with Gasteiger partial charge in [0.25, 0.3) is 0 Å². The van der Waals surface area contributed by atoms with Gasteiger partial charge in [-0.05, 0) is 17.7 Å². The average molecular weight is 271 g/mol. The standard InChI is InChI=1S/C11H8Cl2N2O2/c12-8-3-1-2-7(10(8)13)6-15-5-4-9(14-15)11(16)17/h1-5H,6H2,(H,16,17). The summed E-state index contributed by atoms with van der Waals surface area (Å²) < 4.78 is 1.50. The van der Waals surface area contributed by atoms with Crippen LogP contribution in [0.25, 0.3) is 0 Å². The van der Waals surface area contributed by atoms with Crippen molar-refractivity contribution in [3.63, 3.8) is 0 Å². The predicted molar refractivity (Wildman–Crippen MR) is 64.8 cm³/mol. The van der Waals surface area contributed by atoms with Gasteiger partial charge in [-0.1, -0.05) is 35.3 Å². The Morgan fingerprint density at radius 1 is 1.35 bits per heavy atom. The number of aromatic carboxylic acids is 1. The summed E-state index contributed by atoms with van der Waals surface area (Å²) in [6.45, 7) is 0.382. The molecule has 88 valence electrons. The maximum Gasteiger partial charge on any atom is 0.356 e. The van der Waals surface area contributed by atoms with E-state index in [0.717, 1.165) is 5.56 Å². The summed E-state index contributed by atoms with van der Waals surface area (Å²) in [6.07, 6.45) is 1.58. The Labute approximate surface area is 107 Å². The van der Waals surface area contributed by atoms with Gasteiger partial charge < -0.3 is 5.11 Å². The Balaban J connectivity index is 2.25. The van der Waals surface area contributed by atoms with E-state index in [-0.39, 0.29) is 5.69 Å². The molecule has 0 saturated heterocycles. The first-order chi connectivity index (χ1) is 8.08. The fraction of sp³-hybridized carbons (Fsp3) is 0.0909. The van der Waals surface area contributed by atoms with E-state index < -0.39 is 5.97 Å². The van der Waals surface area contributed by atoms with Gasteiger partial charge in [-0.15, -0.1) is 0 Å². The van der Waals surface area contributed by atoms with E-state index in [4.69, 9.17) is 28.3 Å². The molecule has 1 aromatic heterocycles. The number of benzene rings is 1. The Morgan fingerprint density at radius 3 is 2.76 bits per heavy atom. The summed E-state index contributed by atoms with van der Waals surface area (Å²) in [5, 5.41) is 13.6. The molecule has 6 heteroatoms. The first-order valence-corrected chi connectivity index (χ1v) is 5.53. The van der Waals surface area contributed by atoms with E-state index >= 15 is 0 Å². The summed E-state index contributed by atoms with van der Waals surface area (Å²) in [7, 11) is 0. The van der Waals surface area contributed by atoms with Crippen molar-refractivity contribution >= 4 is 29.2 Å². The van der Waals surface area contributed by atoms with E-state index in [1.807, 2.05) is 6.07 Å². The Bertz CT molecular complexity index is 566. The lowest BCUT2D eigenvalue weighted by molar-refractivity contribution is 0.0689. The zero-order valence-corrected chi connectivity index (χ0v) is 10.1. The SMILES string of the molecule is O=C(O)c1ccn(Cc2cccc(Cl)c2Cl)n1. The van der Waals surface area contributed by atoms with Crippen LogP contribution in [-0.2, 0) is 6.54 Å². The molecule has 0 bridgehead atoms. The van der Waals surface area contributed by atoms with Crippen LogP contribution in [0.2, 0.25) is 10.0 Å². The molecule has 0 saturated carbocycles. The van der Waals surface area contributed by atoms with Gasteiger partial charge in [-0.2, -0.15) is 5.10 Å². The van der Waals surface area contributed by atoms with Crippen molar-refractivity contribution in [3.8, 4) is 0 Å². The third kappa shape index (κ3) is 2.60. The van der Waals surface area contributed by atoms with Crippen LogP contribution in [0.4, 0.5) is 0 Å². The quantitative estimate of drug-likeness (QED) is 0.933. The summed E-state index contributed by atoms with van der Waals surface area (Å²) in [4.78, 5) is 10.7. The minimum Gasteiger partial charge on any atom is -0.476 e. The second kappa shape index (κ2) is 4.77. The molecule has 0 atom stereocenters. The van der Waals surface area contributed by atoms with Crippen LogP contribution < -0.4 is 0 Å². The molecule has 0 fully saturated rings. The number of aromatic nitrogens is 2. The molecule has 1 N–H and O–H groups in total. The lowest BCUT2D eigenvalue weighted by Crippen LogP contribution is -2.04. The molecule has 0 radical (unpaired) electrons. The van der Waals surface area contributed by atoms with Crippen LogP contribution >= 0.6 is 23.2 Å². The van der Waals surface area contributed by atoms with Crippen molar-refractivity contribution in [2.45, 2.75) is 6.54 Å². The van der Waals surface area contributed by atoms with E-state index in [1.165, 1.54) is 10.7 Å². The summed E-state index contributed by atoms with van der Waals surface area (Å²) in [5.74, 6) is -1.05. The summed E-state index contributed by atoms with van der Waals surface area (Å²) in [5.41, 5.74) is 0.794. The highest BCUT2D eigenvalue weighted by Crippen LogP contribution is 2.25. The number of carboxylic acids is 1. The molecule has 0 unspecified atom stereocenters. The highest BCUT2D eigenvalue weighted by Gasteiger charge is 2.09. The van der Waals surface area contributed by atoms with Crippen LogP contribution in [0.5, 0.6) is 0 Å². The molecular weight excluding hydrogens is 263 g/mol. The minimum absolute atomic E-state index is 0.00292. The smallest absolute Gasteiger partial charge is 0.356 e. The van der Waals surface area contributed by atoms with Gasteiger partial charge in [-0.3, -0.25) is 4.68 Å². The highest BCUT2D eigenvalue weighted by molar-refractivity contribution is 6.42. The van der Waals surface area contributed by atoms with Crippen molar-refractivity contribution in [1.82, 2.24) is 9.78 Å². The third-order valence-corrected chi connectivity index (χ3v) is 3.08. The molecule has 0 spiro atoms. The Morgan fingerprint density at radius 2 is 2.12 bits per heavy atom. The predicted octanol–water partition coefficient (Wildman–Crippen LogP) is 2.94. The molecule has 0 aliphatic heterocycles. The second-order valence-corrected chi connectivity index (χ2v) is 4.20. The minimum atomic E-state index is -1.05. The number of rotatable bonds is 3. The van der Waals surface area contributed by atoms with E-state index in [9.17, 15) is 4.79 Å². The molecular formula is C11H8Cl2N2O2. The topological polar surface area (TPSA) is 55.1 Å². The largest absolute Gasteiger partial charge is 0.476 e. The van der Waals surface area contributed by atoms with E-state index in [0.29, 0.717) is 16.6 Å². The molecule has 0 aliphatic carbocycles. The third-order valence-electron chi connectivity index (χ3n) is 2.22. The molecule has 0 amide bonds. The number of carboxylic acid groups (broad SMARTS) is 1. The number of carbonyl (C=O) groups is 1. The monoisotopic (exact) mass is 270 g/mol. The van der Waals surface area contributed by atoms with Gasteiger partial charge in [0.1, 0.15) is 0 Å². The molecule has 2 aromatic rings. The van der Waals surface area contributed by atoms with Crippen molar-refractivity contribution in [2.75, 3.05) is 0 Å². The van der Waals surface area contributed by atoms with Crippen LogP contribution in [0.3, 0.4) is 0 Å². The van der Waals surface area contributed by atoms with Gasteiger partial charge >= 0.3 is 5.97 Å². The van der Waals surface area contributed by atoms with Crippen LogP contribution in [0.1, 0.15) is 16.1 Å². The van der Waals surface area contributed by atoms with Gasteiger partial charge in [-0.25, -0.2) is 4.79 Å². The normalized spacial score (nSPS) is 10.5. The molecule has 17 heavy (non-hydrogen) atoms. The first kappa shape index (κ1) is 12.0. The van der Waals surface area contributed by atoms with Crippen molar-refractivity contribution in [2.24, 2.45) is 0 Å². The Hall–Kier alpha value is -1.52. The van der Waals surface area contributed by atoms with Gasteiger partial charge in [0.05, 0.1) is 16.6 Å². The maximum absolute atomic E-state index is 10.7. The van der Waals surface area contributed by atoms with Crippen LogP contribution in [0.15, 0.2) is 30.5 Å². The Kier molecular flexibility index (Phi) is 3.36.